The number of hydrogen-bond acceptors (Lipinski definition) is 2. The number of piperazine rings is 1. The number of aromatic nitrogens is 1. The maximum Gasteiger partial charge on any atom is 0.127 e. The van der Waals surface area contributed by atoms with Crippen LogP contribution in [0.4, 0.5) is 0 Å². The van der Waals surface area contributed by atoms with Crippen molar-refractivity contribution in [2.75, 3.05) is 52.4 Å². The molecule has 3 rings (SSSR count). The number of aliphatic hydroxyl groups excluding tert-OH is 1. The van der Waals surface area contributed by atoms with Crippen LogP contribution in [-0.4, -0.2) is 68.6 Å². The number of likely N-dealkylation sites (tertiary alicyclic amines) is 1. The number of aliphatic hydroxyl groups is 1. The number of nitrogens with zero attached hydrogens (tertiary/aromatic N) is 1. The number of quaternary nitrogens is 3. The van der Waals surface area contributed by atoms with Crippen LogP contribution in [0.2, 0.25) is 0 Å². The Morgan fingerprint density at radius 3 is 2.41 bits per heavy atom. The summed E-state index contributed by atoms with van der Waals surface area (Å²) in [5, 5.41) is 9.05. The van der Waals surface area contributed by atoms with Gasteiger partial charge in [-0.15, -0.1) is 0 Å². The fourth-order valence-electron chi connectivity index (χ4n) is 4.11. The lowest BCUT2D eigenvalue weighted by Gasteiger charge is -2.37. The van der Waals surface area contributed by atoms with Crippen LogP contribution in [0.25, 0.3) is 0 Å². The van der Waals surface area contributed by atoms with Crippen LogP contribution in [0.15, 0.2) is 24.4 Å². The number of hydrogen-bond donors (Lipinski definition) is 4. The molecule has 5 nitrogen and oxygen atoms in total. The number of pyridine rings is 1. The third-order valence-corrected chi connectivity index (χ3v) is 5.49. The zero-order valence-corrected chi connectivity index (χ0v) is 13.6. The van der Waals surface area contributed by atoms with Crippen molar-refractivity contribution in [3.05, 3.63) is 30.1 Å². The fraction of sp³-hybridized carbons (Fsp3) is 0.706. The summed E-state index contributed by atoms with van der Waals surface area (Å²) in [5.74, 6) is 0. The normalized spacial score (nSPS) is 32.8. The van der Waals surface area contributed by atoms with Gasteiger partial charge in [0.25, 0.3) is 0 Å². The number of nitrogens with one attached hydrogen (secondary N) is 3. The van der Waals surface area contributed by atoms with E-state index < -0.39 is 0 Å². The molecule has 2 saturated heterocycles. The Morgan fingerprint density at radius 2 is 1.77 bits per heavy atom. The molecule has 2 aliphatic heterocycles. The second-order valence-corrected chi connectivity index (χ2v) is 6.90. The highest BCUT2D eigenvalue weighted by Gasteiger charge is 2.33. The monoisotopic (exact) mass is 307 g/mol. The topological polar surface area (TPSA) is 46.4 Å². The molecule has 5 heteroatoms. The van der Waals surface area contributed by atoms with Crippen molar-refractivity contribution in [2.45, 2.75) is 25.4 Å². The van der Waals surface area contributed by atoms with Crippen LogP contribution < -0.4 is 14.7 Å². The van der Waals surface area contributed by atoms with E-state index in [4.69, 9.17) is 5.11 Å². The summed E-state index contributed by atoms with van der Waals surface area (Å²) >= 11 is 0. The van der Waals surface area contributed by atoms with E-state index in [9.17, 15) is 0 Å². The Balaban J connectivity index is 1.40. The van der Waals surface area contributed by atoms with Gasteiger partial charge in [0.15, 0.2) is 0 Å². The summed E-state index contributed by atoms with van der Waals surface area (Å²) in [6, 6.07) is 7.09. The zero-order chi connectivity index (χ0) is 15.2. The van der Waals surface area contributed by atoms with Crippen LogP contribution in [0.3, 0.4) is 0 Å². The van der Waals surface area contributed by atoms with Gasteiger partial charge in [0, 0.05) is 19.0 Å². The first-order valence-corrected chi connectivity index (χ1v) is 8.87. The molecule has 2 aliphatic rings. The van der Waals surface area contributed by atoms with E-state index in [2.05, 4.69) is 17.1 Å². The molecule has 0 bridgehead atoms. The Bertz CT molecular complexity index is 426. The maximum atomic E-state index is 9.05. The highest BCUT2D eigenvalue weighted by Crippen LogP contribution is 1.97. The second-order valence-electron chi connectivity index (χ2n) is 6.90. The standard InChI is InChI=1S/C17H28N4O/c22-14-13-19-9-11-21(12-10-19)17-4-7-20(8-5-17)15-16-3-1-2-6-18-16/h1-3,6,17,22H,4-5,7-15H2/p+3. The van der Waals surface area contributed by atoms with E-state index in [1.165, 1.54) is 57.8 Å². The molecular formula is C17H31N4O+3. The van der Waals surface area contributed by atoms with E-state index >= 15 is 0 Å². The van der Waals surface area contributed by atoms with Crippen molar-refractivity contribution in [3.63, 3.8) is 0 Å². The second kappa shape index (κ2) is 8.02. The Kier molecular flexibility index (Phi) is 5.78. The Hall–Kier alpha value is -1.01. The molecule has 1 aromatic heterocycles. The van der Waals surface area contributed by atoms with Crippen LogP contribution in [0.1, 0.15) is 18.5 Å². The minimum atomic E-state index is 0.333. The first-order valence-electron chi connectivity index (χ1n) is 8.87. The minimum absolute atomic E-state index is 0.333. The highest BCUT2D eigenvalue weighted by atomic mass is 16.3. The van der Waals surface area contributed by atoms with Gasteiger partial charge in [-0.2, -0.15) is 0 Å². The van der Waals surface area contributed by atoms with Crippen LogP contribution in [0, 0.1) is 0 Å². The lowest BCUT2D eigenvalue weighted by molar-refractivity contribution is -1.03. The fourth-order valence-corrected chi connectivity index (χ4v) is 4.11. The molecule has 4 N–H and O–H groups in total. The zero-order valence-electron chi connectivity index (χ0n) is 13.6. The van der Waals surface area contributed by atoms with Crippen molar-refractivity contribution in [3.8, 4) is 0 Å². The molecule has 0 aliphatic carbocycles. The molecule has 22 heavy (non-hydrogen) atoms. The molecule has 2 fully saturated rings. The van der Waals surface area contributed by atoms with Gasteiger partial charge >= 0.3 is 0 Å². The lowest BCUT2D eigenvalue weighted by Crippen LogP contribution is -3.30. The van der Waals surface area contributed by atoms with Crippen molar-refractivity contribution < 1.29 is 19.8 Å². The van der Waals surface area contributed by atoms with Gasteiger partial charge in [-0.25, -0.2) is 0 Å². The lowest BCUT2D eigenvalue weighted by atomic mass is 10.0. The molecule has 0 amide bonds. The van der Waals surface area contributed by atoms with Crippen molar-refractivity contribution >= 4 is 0 Å². The first-order chi connectivity index (χ1) is 10.8. The van der Waals surface area contributed by atoms with Gasteiger partial charge < -0.3 is 19.8 Å². The van der Waals surface area contributed by atoms with Crippen molar-refractivity contribution in [2.24, 2.45) is 0 Å². The highest BCUT2D eigenvalue weighted by molar-refractivity contribution is 5.01. The SMILES string of the molecule is OCC[NH+]1CC[NH+](C2CC[NH+](Cc3ccccn3)CC2)CC1. The summed E-state index contributed by atoms with van der Waals surface area (Å²) in [6.45, 7) is 9.96. The van der Waals surface area contributed by atoms with Crippen LogP contribution in [-0.2, 0) is 6.54 Å². The summed E-state index contributed by atoms with van der Waals surface area (Å²) in [6.07, 6.45) is 4.61. The summed E-state index contributed by atoms with van der Waals surface area (Å²) in [5.41, 5.74) is 1.23. The van der Waals surface area contributed by atoms with Crippen molar-refractivity contribution in [1.29, 1.82) is 0 Å². The summed E-state index contributed by atoms with van der Waals surface area (Å²) in [7, 11) is 0. The number of piperidine rings is 1. The Morgan fingerprint density at radius 1 is 1.00 bits per heavy atom. The quantitative estimate of drug-likeness (QED) is 0.454. The third-order valence-electron chi connectivity index (χ3n) is 5.49. The van der Waals surface area contributed by atoms with Crippen LogP contribution >= 0.6 is 0 Å². The van der Waals surface area contributed by atoms with E-state index in [-0.39, 0.29) is 0 Å². The van der Waals surface area contributed by atoms with Gasteiger partial charge in [0.1, 0.15) is 39.3 Å². The average Bonchev–Trinajstić information content (AvgIpc) is 2.58. The van der Waals surface area contributed by atoms with E-state index in [0.29, 0.717) is 6.61 Å². The predicted octanol–water partition coefficient (Wildman–Crippen LogP) is -3.60. The number of rotatable bonds is 5. The summed E-state index contributed by atoms with van der Waals surface area (Å²) < 4.78 is 0. The average molecular weight is 307 g/mol. The minimum Gasteiger partial charge on any atom is -0.391 e. The smallest absolute Gasteiger partial charge is 0.127 e. The van der Waals surface area contributed by atoms with Crippen LogP contribution in [0.5, 0.6) is 0 Å². The van der Waals surface area contributed by atoms with Gasteiger partial charge in [-0.3, -0.25) is 4.98 Å². The molecule has 0 atom stereocenters. The maximum absolute atomic E-state index is 9.05. The van der Waals surface area contributed by atoms with E-state index in [1.807, 2.05) is 17.2 Å². The van der Waals surface area contributed by atoms with Gasteiger partial charge in [0.2, 0.25) is 0 Å². The van der Waals surface area contributed by atoms with E-state index in [1.54, 1.807) is 9.80 Å². The van der Waals surface area contributed by atoms with Crippen molar-refractivity contribution in [1.82, 2.24) is 4.98 Å². The Labute approximate surface area is 133 Å². The molecule has 0 aromatic carbocycles. The molecule has 1 aromatic rings. The molecule has 122 valence electrons. The molecular weight excluding hydrogens is 276 g/mol. The molecule has 0 saturated carbocycles. The third kappa shape index (κ3) is 4.26. The molecule has 0 radical (unpaired) electrons. The van der Waals surface area contributed by atoms with Gasteiger partial charge in [-0.1, -0.05) is 6.07 Å². The molecule has 0 spiro atoms. The largest absolute Gasteiger partial charge is 0.391 e. The molecule has 0 unspecified atom stereocenters. The van der Waals surface area contributed by atoms with Gasteiger partial charge in [-0.05, 0) is 12.1 Å². The van der Waals surface area contributed by atoms with E-state index in [0.717, 1.165) is 19.1 Å². The summed E-state index contributed by atoms with van der Waals surface area (Å²) in [4.78, 5) is 9.56. The molecule has 3 heterocycles. The predicted molar refractivity (Wildman–Crippen MR) is 85.0 cm³/mol. The first kappa shape index (κ1) is 15.9. The van der Waals surface area contributed by atoms with Gasteiger partial charge in [0.05, 0.1) is 31.4 Å².